The largest absolute Gasteiger partial charge is 0.504 e. The molecule has 0 amide bonds. The molecule has 1 heterocycles. The van der Waals surface area contributed by atoms with Crippen molar-refractivity contribution in [2.45, 2.75) is 50.5 Å². The number of ether oxygens (including phenoxy) is 3. The second-order valence-electron chi connectivity index (χ2n) is 5.67. The fraction of sp³-hybridized carbons (Fsp3) is 0.562. The van der Waals surface area contributed by atoms with E-state index in [0.717, 1.165) is 6.07 Å². The van der Waals surface area contributed by atoms with Gasteiger partial charge in [-0.3, -0.25) is 4.79 Å². The summed E-state index contributed by atoms with van der Waals surface area (Å²) in [5.74, 6) is -0.792. The Morgan fingerprint density at radius 3 is 2.52 bits per heavy atom. The SMILES string of the molecule is CCCC(=O)Oc1ccc(OC2OC(CO)C(O)C(O)C2O)c(O)c1. The molecule has 5 unspecified atom stereocenters. The van der Waals surface area contributed by atoms with Gasteiger partial charge >= 0.3 is 5.97 Å². The number of aliphatic hydroxyl groups is 4. The lowest BCUT2D eigenvalue weighted by atomic mass is 9.99. The number of carbonyl (C=O) groups excluding carboxylic acids is 1. The number of aliphatic hydroxyl groups excluding tert-OH is 4. The van der Waals surface area contributed by atoms with Crippen LogP contribution in [0.1, 0.15) is 19.8 Å². The predicted octanol–water partition coefficient (Wildman–Crippen LogP) is -0.724. The van der Waals surface area contributed by atoms with Crippen molar-refractivity contribution >= 4 is 5.97 Å². The highest BCUT2D eigenvalue weighted by Crippen LogP contribution is 2.33. The Bertz CT molecular complexity index is 589. The number of carbonyl (C=O) groups is 1. The smallest absolute Gasteiger partial charge is 0.311 e. The standard InChI is InChI=1S/C16H22O9/c1-2-3-12(19)23-8-4-5-10(9(18)6-8)24-16-15(22)14(21)13(20)11(7-17)25-16/h4-6,11,13-18,20-22H,2-3,7H2,1H3. The Balaban J connectivity index is 2.08. The first-order valence-corrected chi connectivity index (χ1v) is 7.88. The summed E-state index contributed by atoms with van der Waals surface area (Å²) in [7, 11) is 0. The Morgan fingerprint density at radius 1 is 1.20 bits per heavy atom. The van der Waals surface area contributed by atoms with Gasteiger partial charge in [-0.1, -0.05) is 6.92 Å². The van der Waals surface area contributed by atoms with Crippen LogP contribution in [0.5, 0.6) is 17.2 Å². The van der Waals surface area contributed by atoms with Gasteiger partial charge in [0.15, 0.2) is 11.5 Å². The van der Waals surface area contributed by atoms with Crippen LogP contribution in [0.3, 0.4) is 0 Å². The maximum atomic E-state index is 11.4. The number of esters is 1. The molecule has 0 spiro atoms. The Labute approximate surface area is 144 Å². The normalized spacial score (nSPS) is 29.2. The molecule has 0 saturated carbocycles. The number of hydrogen-bond donors (Lipinski definition) is 5. The van der Waals surface area contributed by atoms with Crippen molar-refractivity contribution < 1.29 is 44.5 Å². The highest BCUT2D eigenvalue weighted by atomic mass is 16.7. The molecule has 1 aliphatic heterocycles. The molecule has 25 heavy (non-hydrogen) atoms. The number of benzene rings is 1. The average molecular weight is 358 g/mol. The Kier molecular flexibility index (Phi) is 6.57. The second kappa shape index (κ2) is 8.45. The van der Waals surface area contributed by atoms with Crippen LogP contribution in [0.15, 0.2) is 18.2 Å². The van der Waals surface area contributed by atoms with Crippen molar-refractivity contribution in [3.8, 4) is 17.2 Å². The summed E-state index contributed by atoms with van der Waals surface area (Å²) < 4.78 is 15.5. The third kappa shape index (κ3) is 4.59. The third-order valence-electron chi connectivity index (χ3n) is 3.71. The molecule has 0 aromatic heterocycles. The number of phenolic OH excluding ortho intramolecular Hbond substituents is 1. The highest BCUT2D eigenvalue weighted by Gasteiger charge is 2.44. The van der Waals surface area contributed by atoms with Gasteiger partial charge in [-0.05, 0) is 18.6 Å². The molecule has 5 atom stereocenters. The van der Waals surface area contributed by atoms with Crippen molar-refractivity contribution in [3.63, 3.8) is 0 Å². The topological polar surface area (TPSA) is 146 Å². The fourth-order valence-corrected chi connectivity index (χ4v) is 2.34. The summed E-state index contributed by atoms with van der Waals surface area (Å²) in [6, 6.07) is 3.84. The molecule has 5 N–H and O–H groups in total. The van der Waals surface area contributed by atoms with Crippen LogP contribution in [-0.2, 0) is 9.53 Å². The predicted molar refractivity (Wildman–Crippen MR) is 83.0 cm³/mol. The van der Waals surface area contributed by atoms with Crippen molar-refractivity contribution in [1.82, 2.24) is 0 Å². The molecule has 140 valence electrons. The summed E-state index contributed by atoms with van der Waals surface area (Å²) in [4.78, 5) is 11.4. The van der Waals surface area contributed by atoms with E-state index in [-0.39, 0.29) is 23.7 Å². The average Bonchev–Trinajstić information content (AvgIpc) is 2.57. The van der Waals surface area contributed by atoms with E-state index in [1.807, 2.05) is 6.92 Å². The first-order valence-electron chi connectivity index (χ1n) is 7.88. The van der Waals surface area contributed by atoms with E-state index in [1.54, 1.807) is 0 Å². The van der Waals surface area contributed by atoms with Gasteiger partial charge in [-0.25, -0.2) is 0 Å². The summed E-state index contributed by atoms with van der Waals surface area (Å²) in [5.41, 5.74) is 0. The van der Waals surface area contributed by atoms with E-state index < -0.39 is 43.3 Å². The van der Waals surface area contributed by atoms with Crippen molar-refractivity contribution in [2.75, 3.05) is 6.61 Å². The van der Waals surface area contributed by atoms with Crippen molar-refractivity contribution in [2.24, 2.45) is 0 Å². The number of hydrogen-bond acceptors (Lipinski definition) is 9. The Morgan fingerprint density at radius 2 is 1.92 bits per heavy atom. The van der Waals surface area contributed by atoms with E-state index in [0.29, 0.717) is 6.42 Å². The molecular formula is C16H22O9. The van der Waals surface area contributed by atoms with E-state index in [9.17, 15) is 25.2 Å². The molecule has 1 aromatic carbocycles. The third-order valence-corrected chi connectivity index (χ3v) is 3.71. The molecule has 9 heteroatoms. The monoisotopic (exact) mass is 358 g/mol. The highest BCUT2D eigenvalue weighted by molar-refractivity contribution is 5.72. The quantitative estimate of drug-likeness (QED) is 0.328. The van der Waals surface area contributed by atoms with Gasteiger partial charge in [-0.15, -0.1) is 0 Å². The van der Waals surface area contributed by atoms with Crippen LogP contribution >= 0.6 is 0 Å². The number of phenols is 1. The maximum absolute atomic E-state index is 11.4. The molecule has 0 aliphatic carbocycles. The molecule has 1 aromatic rings. The van der Waals surface area contributed by atoms with Crippen LogP contribution in [-0.4, -0.2) is 68.8 Å². The van der Waals surface area contributed by atoms with E-state index in [1.165, 1.54) is 12.1 Å². The second-order valence-corrected chi connectivity index (χ2v) is 5.67. The van der Waals surface area contributed by atoms with Crippen molar-refractivity contribution in [3.05, 3.63) is 18.2 Å². The summed E-state index contributed by atoms with van der Waals surface area (Å²) in [6.45, 7) is 1.24. The molecule has 1 saturated heterocycles. The van der Waals surface area contributed by atoms with Gasteiger partial charge in [0.25, 0.3) is 0 Å². The van der Waals surface area contributed by atoms with Crippen LogP contribution in [0.4, 0.5) is 0 Å². The molecule has 0 radical (unpaired) electrons. The first-order chi connectivity index (χ1) is 11.9. The van der Waals surface area contributed by atoms with E-state index in [2.05, 4.69) is 0 Å². The van der Waals surface area contributed by atoms with Gasteiger partial charge in [0.05, 0.1) is 6.61 Å². The summed E-state index contributed by atoms with van der Waals surface area (Å²) in [5, 5.41) is 48.5. The Hall–Kier alpha value is -1.91. The fourth-order valence-electron chi connectivity index (χ4n) is 2.34. The molecule has 1 aliphatic rings. The van der Waals surface area contributed by atoms with Crippen molar-refractivity contribution in [1.29, 1.82) is 0 Å². The zero-order chi connectivity index (χ0) is 18.6. The number of rotatable bonds is 6. The van der Waals surface area contributed by atoms with Crippen LogP contribution in [0, 0.1) is 0 Å². The van der Waals surface area contributed by atoms with Gasteiger partial charge in [0.2, 0.25) is 6.29 Å². The molecule has 1 fully saturated rings. The lowest BCUT2D eigenvalue weighted by Crippen LogP contribution is -2.60. The maximum Gasteiger partial charge on any atom is 0.311 e. The minimum Gasteiger partial charge on any atom is -0.504 e. The first kappa shape index (κ1) is 19.4. The van der Waals surface area contributed by atoms with Gasteiger partial charge < -0.3 is 39.7 Å². The van der Waals surface area contributed by atoms with Gasteiger partial charge in [0, 0.05) is 12.5 Å². The zero-order valence-corrected chi connectivity index (χ0v) is 13.6. The molecule has 9 nitrogen and oxygen atoms in total. The molecular weight excluding hydrogens is 336 g/mol. The summed E-state index contributed by atoms with van der Waals surface area (Å²) >= 11 is 0. The van der Waals surface area contributed by atoms with Crippen LogP contribution in [0.2, 0.25) is 0 Å². The lowest BCUT2D eigenvalue weighted by Gasteiger charge is -2.39. The molecule has 0 bridgehead atoms. The zero-order valence-electron chi connectivity index (χ0n) is 13.6. The van der Waals surface area contributed by atoms with Crippen LogP contribution in [0.25, 0.3) is 0 Å². The molecule has 2 rings (SSSR count). The summed E-state index contributed by atoms with van der Waals surface area (Å²) in [6.07, 6.45) is -6.37. The van der Waals surface area contributed by atoms with Gasteiger partial charge in [0.1, 0.15) is 30.2 Å². The van der Waals surface area contributed by atoms with Gasteiger partial charge in [-0.2, -0.15) is 0 Å². The lowest BCUT2D eigenvalue weighted by molar-refractivity contribution is -0.277. The van der Waals surface area contributed by atoms with E-state index >= 15 is 0 Å². The minimum absolute atomic E-state index is 0.0976. The number of aromatic hydroxyl groups is 1. The van der Waals surface area contributed by atoms with E-state index in [4.69, 9.17) is 19.3 Å². The van der Waals surface area contributed by atoms with Crippen LogP contribution < -0.4 is 9.47 Å². The minimum atomic E-state index is -1.60.